The number of fused-ring (bicyclic) bond motifs is 1. The van der Waals surface area contributed by atoms with Gasteiger partial charge in [0, 0.05) is 17.3 Å². The molecule has 0 aromatic heterocycles. The van der Waals surface area contributed by atoms with Gasteiger partial charge in [-0.2, -0.15) is 0 Å². The Hall–Kier alpha value is -2.11. The molecule has 0 aromatic rings. The fourth-order valence-corrected chi connectivity index (χ4v) is 7.69. The molecule has 4 N–H and O–H groups in total. The van der Waals surface area contributed by atoms with Crippen molar-refractivity contribution in [2.75, 3.05) is 6.61 Å². The molecule has 2 saturated heterocycles. The minimum Gasteiger partial charge on any atom is -0.459 e. The third-order valence-corrected chi connectivity index (χ3v) is 9.58. The Kier molecular flexibility index (Phi) is 5.07. The smallest absolute Gasteiger partial charge is 0.348 e. The molecule has 2 aliphatic heterocycles. The molecule has 35 heavy (non-hydrogen) atoms. The largest absolute Gasteiger partial charge is 0.459 e. The SMILES string of the molecule is C=C1[C@@H](O)[C@]2(O)OC[C@@]34[C@@H](C[C@@H]5C(C)=CC(=O)[C@H](O)[C@]5(C)[C@H]23)OC(=O)[C@@H](OC(=O)[C@@](C)(O)CC)[C@H]14. The van der Waals surface area contributed by atoms with Crippen molar-refractivity contribution in [1.82, 2.24) is 0 Å². The minimum absolute atomic E-state index is 0.0285. The summed E-state index contributed by atoms with van der Waals surface area (Å²) in [5.41, 5.74) is -3.70. The van der Waals surface area contributed by atoms with Crippen LogP contribution in [0.4, 0.5) is 0 Å². The van der Waals surface area contributed by atoms with E-state index in [0.29, 0.717) is 5.57 Å². The molecule has 3 aliphatic carbocycles. The average Bonchev–Trinajstić information content (AvgIpc) is 3.08. The van der Waals surface area contributed by atoms with E-state index in [1.807, 2.05) is 0 Å². The van der Waals surface area contributed by atoms with Crippen LogP contribution < -0.4 is 0 Å². The Bertz CT molecular complexity index is 1060. The Morgan fingerprint density at radius 3 is 2.60 bits per heavy atom. The van der Waals surface area contributed by atoms with Crippen molar-refractivity contribution >= 4 is 17.7 Å². The second kappa shape index (κ2) is 7.23. The summed E-state index contributed by atoms with van der Waals surface area (Å²) < 4.78 is 17.2. The summed E-state index contributed by atoms with van der Waals surface area (Å²) in [4.78, 5) is 38.7. The van der Waals surface area contributed by atoms with E-state index in [9.17, 15) is 34.8 Å². The van der Waals surface area contributed by atoms with E-state index in [4.69, 9.17) is 14.2 Å². The van der Waals surface area contributed by atoms with Crippen molar-refractivity contribution < 1.29 is 49.0 Å². The number of allylic oxidation sites excluding steroid dienone is 1. The Morgan fingerprint density at radius 1 is 1.31 bits per heavy atom. The number of aliphatic hydroxyl groups excluding tert-OH is 2. The first kappa shape index (κ1) is 24.6. The predicted molar refractivity (Wildman–Crippen MR) is 117 cm³/mol. The molecule has 2 bridgehead atoms. The molecule has 2 saturated carbocycles. The molecule has 0 unspecified atom stereocenters. The lowest BCUT2D eigenvalue weighted by Crippen LogP contribution is -2.76. The number of hydrogen-bond acceptors (Lipinski definition) is 10. The second-order valence-corrected chi connectivity index (χ2v) is 11.3. The number of esters is 2. The van der Waals surface area contributed by atoms with E-state index in [2.05, 4.69) is 6.58 Å². The van der Waals surface area contributed by atoms with Gasteiger partial charge in [0.1, 0.15) is 18.3 Å². The number of hydrogen-bond donors (Lipinski definition) is 4. The molecule has 5 rings (SSSR count). The van der Waals surface area contributed by atoms with Crippen LogP contribution in [-0.4, -0.2) is 80.6 Å². The van der Waals surface area contributed by atoms with Gasteiger partial charge >= 0.3 is 11.9 Å². The second-order valence-electron chi connectivity index (χ2n) is 11.3. The van der Waals surface area contributed by atoms with E-state index >= 15 is 0 Å². The molecule has 192 valence electrons. The van der Waals surface area contributed by atoms with E-state index in [0.717, 1.165) is 0 Å². The lowest BCUT2D eigenvalue weighted by Gasteiger charge is -2.67. The number of ketones is 1. The topological polar surface area (TPSA) is 160 Å². The molecule has 0 radical (unpaired) electrons. The van der Waals surface area contributed by atoms with Crippen molar-refractivity contribution in [3.8, 4) is 0 Å². The van der Waals surface area contributed by atoms with Crippen molar-refractivity contribution in [1.29, 1.82) is 0 Å². The van der Waals surface area contributed by atoms with Crippen LogP contribution in [0.2, 0.25) is 0 Å². The Labute approximate surface area is 202 Å². The van der Waals surface area contributed by atoms with Crippen LogP contribution in [-0.2, 0) is 28.6 Å². The first-order valence-corrected chi connectivity index (χ1v) is 11.9. The van der Waals surface area contributed by atoms with Gasteiger partial charge in [-0.1, -0.05) is 26.0 Å². The van der Waals surface area contributed by atoms with Gasteiger partial charge in [-0.3, -0.25) is 4.79 Å². The first-order chi connectivity index (χ1) is 16.2. The molecule has 0 aromatic carbocycles. The van der Waals surface area contributed by atoms with Gasteiger partial charge in [0.25, 0.3) is 0 Å². The van der Waals surface area contributed by atoms with Crippen molar-refractivity contribution in [2.24, 2.45) is 28.6 Å². The van der Waals surface area contributed by atoms with Crippen molar-refractivity contribution in [3.63, 3.8) is 0 Å². The fraction of sp³-hybridized carbons (Fsp3) is 0.720. The van der Waals surface area contributed by atoms with Gasteiger partial charge in [-0.25, -0.2) is 9.59 Å². The van der Waals surface area contributed by atoms with E-state index in [-0.39, 0.29) is 25.0 Å². The van der Waals surface area contributed by atoms with Crippen molar-refractivity contribution in [3.05, 3.63) is 23.8 Å². The summed E-state index contributed by atoms with van der Waals surface area (Å²) in [6.45, 7) is 10.0. The molecule has 0 amide bonds. The molecule has 10 heteroatoms. The lowest BCUT2D eigenvalue weighted by atomic mass is 9.38. The van der Waals surface area contributed by atoms with Gasteiger partial charge in [-0.15, -0.1) is 0 Å². The molecule has 10 nitrogen and oxygen atoms in total. The van der Waals surface area contributed by atoms with Gasteiger partial charge in [-0.05, 0) is 44.3 Å². The first-order valence-electron chi connectivity index (χ1n) is 11.9. The third kappa shape index (κ3) is 2.74. The zero-order valence-corrected chi connectivity index (χ0v) is 20.2. The van der Waals surface area contributed by atoms with Crippen LogP contribution in [0.1, 0.15) is 40.5 Å². The van der Waals surface area contributed by atoms with Crippen LogP contribution in [0.5, 0.6) is 0 Å². The summed E-state index contributed by atoms with van der Waals surface area (Å²) in [5.74, 6) is -7.21. The molecule has 4 fully saturated rings. The van der Waals surface area contributed by atoms with Gasteiger partial charge in [0.15, 0.2) is 17.2 Å². The summed E-state index contributed by atoms with van der Waals surface area (Å²) in [6.07, 6.45) is -3.98. The molecule has 5 aliphatic rings. The van der Waals surface area contributed by atoms with Crippen LogP contribution >= 0.6 is 0 Å². The summed E-state index contributed by atoms with van der Waals surface area (Å²) in [5, 5.41) is 44.6. The van der Waals surface area contributed by atoms with Crippen LogP contribution in [0.25, 0.3) is 0 Å². The summed E-state index contributed by atoms with van der Waals surface area (Å²) >= 11 is 0. The quantitative estimate of drug-likeness (QED) is 0.306. The maximum atomic E-state index is 13.2. The van der Waals surface area contributed by atoms with E-state index < -0.39 is 82.1 Å². The standard InChI is InChI=1S/C25H32O10/c1-6-22(4,31)21(30)35-16-15-11(3)17(27)25(32)20-23(5)12(10(2)7-13(26)18(23)28)8-14(34-19(16)29)24(15,20)9-33-25/h7,12,14-18,20,27-28,31-32H,3,6,8-9H2,1-2,4-5H3/t12-,14-,15+,16+,17-,18+,20+,22+,23-,24+,25+/m1/s1. The number of aliphatic hydroxyl groups is 4. The normalized spacial score (nSPS) is 49.9. The summed E-state index contributed by atoms with van der Waals surface area (Å²) in [6, 6.07) is 0. The Morgan fingerprint density at radius 2 is 1.97 bits per heavy atom. The van der Waals surface area contributed by atoms with Gasteiger partial charge in [0.2, 0.25) is 6.10 Å². The van der Waals surface area contributed by atoms with Crippen molar-refractivity contribution in [2.45, 2.75) is 76.3 Å². The molecule has 11 atom stereocenters. The monoisotopic (exact) mass is 492 g/mol. The van der Waals surface area contributed by atoms with Crippen LogP contribution in [0, 0.1) is 28.6 Å². The van der Waals surface area contributed by atoms with Crippen LogP contribution in [0.3, 0.4) is 0 Å². The molecule has 1 spiro atoms. The average molecular weight is 493 g/mol. The zero-order valence-electron chi connectivity index (χ0n) is 20.2. The number of carbonyl (C=O) groups excluding carboxylic acids is 3. The van der Waals surface area contributed by atoms with Gasteiger partial charge in [0.05, 0.1) is 12.0 Å². The Balaban J connectivity index is 1.70. The number of rotatable bonds is 3. The molecular formula is C25H32O10. The predicted octanol–water partition coefficient (Wildman–Crippen LogP) is -0.231. The molecule has 2 heterocycles. The highest BCUT2D eigenvalue weighted by Gasteiger charge is 2.83. The zero-order chi connectivity index (χ0) is 25.9. The third-order valence-electron chi connectivity index (χ3n) is 9.58. The fourth-order valence-electron chi connectivity index (χ4n) is 7.69. The lowest BCUT2D eigenvalue weighted by molar-refractivity contribution is -0.311. The van der Waals surface area contributed by atoms with Gasteiger partial charge < -0.3 is 34.6 Å². The van der Waals surface area contributed by atoms with Crippen LogP contribution in [0.15, 0.2) is 23.8 Å². The number of carbonyl (C=O) groups is 3. The summed E-state index contributed by atoms with van der Waals surface area (Å²) in [7, 11) is 0. The van der Waals surface area contributed by atoms with E-state index in [1.165, 1.54) is 13.0 Å². The highest BCUT2D eigenvalue weighted by atomic mass is 16.7. The minimum atomic E-state index is -2.22. The molecular weight excluding hydrogens is 460 g/mol. The highest BCUT2D eigenvalue weighted by Crippen LogP contribution is 2.73. The van der Waals surface area contributed by atoms with E-state index in [1.54, 1.807) is 20.8 Å². The maximum absolute atomic E-state index is 13.2. The highest BCUT2D eigenvalue weighted by molar-refractivity contribution is 5.96. The number of ether oxygens (including phenoxy) is 3. The maximum Gasteiger partial charge on any atom is 0.348 e.